The Hall–Kier alpha value is -2.67. The minimum Gasteiger partial charge on any atom is -0.481 e. The van der Waals surface area contributed by atoms with Gasteiger partial charge in [0.15, 0.2) is 17.7 Å². The van der Waals surface area contributed by atoms with Crippen molar-refractivity contribution in [3.05, 3.63) is 47.4 Å². The highest BCUT2D eigenvalue weighted by Gasteiger charge is 2.27. The second kappa shape index (κ2) is 8.35. The third-order valence-electron chi connectivity index (χ3n) is 4.44. The Balaban J connectivity index is 1.58. The summed E-state index contributed by atoms with van der Waals surface area (Å²) in [6.07, 6.45) is 2.39. The number of Topliss-reactive ketones (excluding diaryl/α,β-unsaturated/α-hetero) is 1. The predicted octanol–water partition coefficient (Wildman–Crippen LogP) is 2.45. The number of ether oxygens (including phenoxy) is 1. The van der Waals surface area contributed by atoms with Gasteiger partial charge in [0, 0.05) is 31.7 Å². The highest BCUT2D eigenvalue weighted by molar-refractivity contribution is 6.32. The largest absolute Gasteiger partial charge is 0.481 e. The number of anilines is 1. The molecule has 1 aromatic carbocycles. The van der Waals surface area contributed by atoms with Crippen LogP contribution in [0.5, 0.6) is 5.75 Å². The summed E-state index contributed by atoms with van der Waals surface area (Å²) in [7, 11) is 0. The van der Waals surface area contributed by atoms with Crippen LogP contribution in [0.1, 0.15) is 24.2 Å². The zero-order valence-corrected chi connectivity index (χ0v) is 16.0. The van der Waals surface area contributed by atoms with Gasteiger partial charge in [-0.2, -0.15) is 0 Å². The van der Waals surface area contributed by atoms with Crippen molar-refractivity contribution in [3.63, 3.8) is 0 Å². The summed E-state index contributed by atoms with van der Waals surface area (Å²) < 4.78 is 5.75. The number of ketones is 1. The maximum atomic E-state index is 12.7. The minimum atomic E-state index is -0.638. The van der Waals surface area contributed by atoms with Gasteiger partial charge in [0.25, 0.3) is 5.91 Å². The van der Waals surface area contributed by atoms with Crippen molar-refractivity contribution >= 4 is 29.1 Å². The highest BCUT2D eigenvalue weighted by Crippen LogP contribution is 2.23. The van der Waals surface area contributed by atoms with E-state index < -0.39 is 6.10 Å². The molecule has 0 N–H and O–H groups in total. The molecule has 7 nitrogen and oxygen atoms in total. The van der Waals surface area contributed by atoms with E-state index in [9.17, 15) is 9.59 Å². The van der Waals surface area contributed by atoms with E-state index in [2.05, 4.69) is 9.97 Å². The third-order valence-corrected chi connectivity index (χ3v) is 4.71. The molecule has 0 radical (unpaired) electrons. The van der Waals surface area contributed by atoms with Crippen molar-refractivity contribution in [2.75, 3.05) is 31.1 Å². The molecule has 1 aliphatic heterocycles. The second-order valence-electron chi connectivity index (χ2n) is 6.35. The van der Waals surface area contributed by atoms with E-state index in [0.29, 0.717) is 48.3 Å². The van der Waals surface area contributed by atoms with E-state index >= 15 is 0 Å². The molecule has 2 aromatic rings. The van der Waals surface area contributed by atoms with Gasteiger partial charge >= 0.3 is 0 Å². The molecule has 1 saturated heterocycles. The van der Waals surface area contributed by atoms with Gasteiger partial charge in [0.1, 0.15) is 17.1 Å². The first-order chi connectivity index (χ1) is 13.0. The highest BCUT2D eigenvalue weighted by atomic mass is 35.5. The Morgan fingerprint density at radius 2 is 1.96 bits per heavy atom. The molecule has 0 aliphatic carbocycles. The number of hydrogen-bond donors (Lipinski definition) is 0. The van der Waals surface area contributed by atoms with Crippen molar-refractivity contribution in [1.82, 2.24) is 14.9 Å². The van der Waals surface area contributed by atoms with Gasteiger partial charge in [-0.05, 0) is 26.0 Å². The Morgan fingerprint density at radius 3 is 2.63 bits per heavy atom. The SMILES string of the molecule is CC(=O)c1cccc(O[C@@H](C)C(=O)N2CCN(c3ncncc3Cl)CC2)c1. The number of carbonyl (C=O) groups is 2. The Kier molecular flexibility index (Phi) is 5.91. The van der Waals surface area contributed by atoms with E-state index in [1.165, 1.54) is 13.3 Å². The fourth-order valence-corrected chi connectivity index (χ4v) is 3.20. The summed E-state index contributed by atoms with van der Waals surface area (Å²) in [4.78, 5) is 36.1. The molecule has 3 rings (SSSR count). The van der Waals surface area contributed by atoms with Crippen LogP contribution in [0.4, 0.5) is 5.82 Å². The van der Waals surface area contributed by atoms with Gasteiger partial charge in [-0.25, -0.2) is 9.97 Å². The summed E-state index contributed by atoms with van der Waals surface area (Å²) in [6.45, 7) is 5.60. The predicted molar refractivity (Wildman–Crippen MR) is 102 cm³/mol. The molecule has 27 heavy (non-hydrogen) atoms. The van der Waals surface area contributed by atoms with Crippen molar-refractivity contribution in [2.45, 2.75) is 20.0 Å². The molecule has 1 fully saturated rings. The fraction of sp³-hybridized carbons (Fsp3) is 0.368. The lowest BCUT2D eigenvalue weighted by Crippen LogP contribution is -2.52. The van der Waals surface area contributed by atoms with Gasteiger partial charge in [0.2, 0.25) is 0 Å². The molecular formula is C19H21ClN4O3. The van der Waals surface area contributed by atoms with Crippen molar-refractivity contribution in [3.8, 4) is 5.75 Å². The van der Waals surface area contributed by atoms with Gasteiger partial charge in [-0.15, -0.1) is 0 Å². The Bertz CT molecular complexity index is 837. The van der Waals surface area contributed by atoms with Crippen LogP contribution in [0.3, 0.4) is 0 Å². The molecular weight excluding hydrogens is 368 g/mol. The molecule has 0 saturated carbocycles. The van der Waals surface area contributed by atoms with Gasteiger partial charge in [-0.1, -0.05) is 23.7 Å². The number of aromatic nitrogens is 2. The van der Waals surface area contributed by atoms with Crippen LogP contribution >= 0.6 is 11.6 Å². The number of hydrogen-bond acceptors (Lipinski definition) is 6. The van der Waals surface area contributed by atoms with E-state index in [4.69, 9.17) is 16.3 Å². The average Bonchev–Trinajstić information content (AvgIpc) is 2.68. The molecule has 0 unspecified atom stereocenters. The molecule has 1 aromatic heterocycles. The van der Waals surface area contributed by atoms with Crippen LogP contribution in [0.15, 0.2) is 36.8 Å². The van der Waals surface area contributed by atoms with Crippen LogP contribution in [0, 0.1) is 0 Å². The van der Waals surface area contributed by atoms with Gasteiger partial charge in [-0.3, -0.25) is 9.59 Å². The van der Waals surface area contributed by atoms with Crippen LogP contribution in [-0.2, 0) is 4.79 Å². The van der Waals surface area contributed by atoms with E-state index in [1.54, 1.807) is 42.3 Å². The summed E-state index contributed by atoms with van der Waals surface area (Å²) >= 11 is 6.14. The normalized spacial score (nSPS) is 15.4. The topological polar surface area (TPSA) is 75.6 Å². The van der Waals surface area contributed by atoms with Crippen LogP contribution in [0.25, 0.3) is 0 Å². The summed E-state index contributed by atoms with van der Waals surface area (Å²) in [5, 5.41) is 0.499. The quantitative estimate of drug-likeness (QED) is 0.732. The number of amides is 1. The molecule has 1 amide bonds. The zero-order chi connectivity index (χ0) is 19.4. The fourth-order valence-electron chi connectivity index (χ4n) is 2.98. The molecule has 1 atom stereocenters. The van der Waals surface area contributed by atoms with E-state index in [-0.39, 0.29) is 11.7 Å². The molecule has 142 valence electrons. The minimum absolute atomic E-state index is 0.0427. The number of nitrogens with zero attached hydrogens (tertiary/aromatic N) is 4. The van der Waals surface area contributed by atoms with Crippen LogP contribution in [0.2, 0.25) is 5.02 Å². The maximum absolute atomic E-state index is 12.7. The van der Waals surface area contributed by atoms with Gasteiger partial charge < -0.3 is 14.5 Å². The first-order valence-corrected chi connectivity index (χ1v) is 9.10. The number of halogens is 1. The molecule has 0 spiro atoms. The van der Waals surface area contributed by atoms with E-state index in [1.807, 2.05) is 4.90 Å². The maximum Gasteiger partial charge on any atom is 0.263 e. The first-order valence-electron chi connectivity index (χ1n) is 8.72. The standard InChI is InChI=1S/C19H21ClN4O3/c1-13(25)15-4-3-5-16(10-15)27-14(2)19(26)24-8-6-23(7-9-24)18-17(20)11-21-12-22-18/h3-5,10-12,14H,6-9H2,1-2H3/t14-/m0/s1. The van der Waals surface area contributed by atoms with Gasteiger partial charge in [0.05, 0.1) is 6.20 Å². The lowest BCUT2D eigenvalue weighted by Gasteiger charge is -2.36. The molecule has 0 bridgehead atoms. The second-order valence-corrected chi connectivity index (χ2v) is 6.76. The smallest absolute Gasteiger partial charge is 0.263 e. The number of piperazine rings is 1. The molecule has 2 heterocycles. The molecule has 8 heteroatoms. The van der Waals surface area contributed by atoms with Crippen molar-refractivity contribution in [2.24, 2.45) is 0 Å². The van der Waals surface area contributed by atoms with Crippen LogP contribution in [-0.4, -0.2) is 58.8 Å². The summed E-state index contributed by atoms with van der Waals surface area (Å²) in [5.74, 6) is 1.06. The average molecular weight is 389 g/mol. The lowest BCUT2D eigenvalue weighted by atomic mass is 10.1. The first kappa shape index (κ1) is 19.1. The zero-order valence-electron chi connectivity index (χ0n) is 15.3. The number of benzene rings is 1. The lowest BCUT2D eigenvalue weighted by molar-refractivity contribution is -0.138. The number of carbonyl (C=O) groups excluding carboxylic acids is 2. The van der Waals surface area contributed by atoms with Crippen LogP contribution < -0.4 is 9.64 Å². The summed E-state index contributed by atoms with van der Waals surface area (Å²) in [6, 6.07) is 6.86. The van der Waals surface area contributed by atoms with Crippen molar-refractivity contribution in [1.29, 1.82) is 0 Å². The third kappa shape index (κ3) is 4.54. The van der Waals surface area contributed by atoms with Crippen molar-refractivity contribution < 1.29 is 14.3 Å². The monoisotopic (exact) mass is 388 g/mol. The summed E-state index contributed by atoms with van der Waals surface area (Å²) in [5.41, 5.74) is 0.558. The Morgan fingerprint density at radius 1 is 1.22 bits per heavy atom. The van der Waals surface area contributed by atoms with E-state index in [0.717, 1.165) is 0 Å². The number of rotatable bonds is 5. The Labute approximate surface area is 162 Å². The molecule has 1 aliphatic rings.